The average molecular weight is 451 g/mol. The lowest BCUT2D eigenvalue weighted by Crippen LogP contribution is -2.15. The van der Waals surface area contributed by atoms with Crippen molar-refractivity contribution in [2.24, 2.45) is 7.05 Å². The first-order valence-corrected chi connectivity index (χ1v) is 10.5. The Kier molecular flexibility index (Phi) is 4.92. The molecule has 9 nitrogen and oxygen atoms in total. The van der Waals surface area contributed by atoms with Gasteiger partial charge in [-0.3, -0.25) is 14.4 Å². The molecule has 4 rings (SSSR count). The minimum atomic E-state index is -4.56. The molecule has 13 heteroatoms. The van der Waals surface area contributed by atoms with Crippen LogP contribution in [0.3, 0.4) is 0 Å². The third-order valence-electron chi connectivity index (χ3n) is 4.60. The minimum Gasteiger partial charge on any atom is -0.275 e. The van der Waals surface area contributed by atoms with Crippen molar-refractivity contribution in [1.29, 1.82) is 0 Å². The first-order valence-electron chi connectivity index (χ1n) is 9.01. The zero-order valence-electron chi connectivity index (χ0n) is 16.3. The van der Waals surface area contributed by atoms with Crippen molar-refractivity contribution in [2.75, 3.05) is 4.72 Å². The molecule has 0 aromatic carbocycles. The molecule has 31 heavy (non-hydrogen) atoms. The van der Waals surface area contributed by atoms with Crippen molar-refractivity contribution in [3.8, 4) is 5.82 Å². The van der Waals surface area contributed by atoms with Crippen molar-refractivity contribution < 1.29 is 21.6 Å². The molecule has 0 aliphatic carbocycles. The number of hydrogen-bond donors (Lipinski definition) is 1. The van der Waals surface area contributed by atoms with E-state index in [-0.39, 0.29) is 16.4 Å². The highest BCUT2D eigenvalue weighted by Crippen LogP contribution is 2.30. The summed E-state index contributed by atoms with van der Waals surface area (Å²) in [6, 6.07) is 1.60. The number of pyridine rings is 2. The molecule has 0 aliphatic heterocycles. The number of alkyl halides is 3. The van der Waals surface area contributed by atoms with Crippen LogP contribution in [-0.2, 0) is 29.7 Å². The third kappa shape index (κ3) is 3.83. The number of aromatic nitrogens is 6. The minimum absolute atomic E-state index is 0.166. The Bertz CT molecular complexity index is 1380. The van der Waals surface area contributed by atoms with Crippen molar-refractivity contribution in [1.82, 2.24) is 29.5 Å². The Balaban J connectivity index is 1.72. The SMILES string of the molecule is CCc1ncc2cnn(C)c2c1NS(=O)(=O)c1cnn(-c2cc(C(F)(F)F)ccn2)c1. The predicted molar refractivity (Wildman–Crippen MR) is 105 cm³/mol. The van der Waals surface area contributed by atoms with Crippen LogP contribution in [0.15, 0.2) is 48.0 Å². The van der Waals surface area contributed by atoms with E-state index in [2.05, 4.69) is 24.9 Å². The summed E-state index contributed by atoms with van der Waals surface area (Å²) in [5.41, 5.74) is 0.441. The molecule has 0 aliphatic rings. The van der Waals surface area contributed by atoms with Gasteiger partial charge in [0.2, 0.25) is 0 Å². The number of nitrogens with one attached hydrogen (secondary N) is 1. The summed E-state index contributed by atoms with van der Waals surface area (Å²) in [6.07, 6.45) is 2.18. The van der Waals surface area contributed by atoms with E-state index >= 15 is 0 Å². The van der Waals surface area contributed by atoms with Crippen LogP contribution in [0, 0.1) is 0 Å². The molecule has 0 unspecified atom stereocenters. The zero-order chi connectivity index (χ0) is 22.4. The molecule has 4 aromatic heterocycles. The fourth-order valence-corrected chi connectivity index (χ4v) is 4.09. The lowest BCUT2D eigenvalue weighted by Gasteiger charge is -2.12. The number of nitrogens with zero attached hydrogens (tertiary/aromatic N) is 6. The Labute approximate surface area is 174 Å². The summed E-state index contributed by atoms with van der Waals surface area (Å²) in [4.78, 5) is 7.88. The first-order chi connectivity index (χ1) is 14.6. The summed E-state index contributed by atoms with van der Waals surface area (Å²) in [6.45, 7) is 1.83. The van der Waals surface area contributed by atoms with Gasteiger partial charge in [-0.15, -0.1) is 0 Å². The molecular weight excluding hydrogens is 435 g/mol. The summed E-state index contributed by atoms with van der Waals surface area (Å²) in [5.74, 6) is -0.166. The number of rotatable bonds is 5. The normalized spacial score (nSPS) is 12.4. The van der Waals surface area contributed by atoms with Crippen molar-refractivity contribution in [3.05, 3.63) is 54.4 Å². The average Bonchev–Trinajstić information content (AvgIpc) is 3.36. The smallest absolute Gasteiger partial charge is 0.275 e. The summed E-state index contributed by atoms with van der Waals surface area (Å²) in [5, 5.41) is 8.65. The highest BCUT2D eigenvalue weighted by Gasteiger charge is 2.31. The van der Waals surface area contributed by atoms with Gasteiger partial charge in [-0.25, -0.2) is 18.1 Å². The Morgan fingerprint density at radius 3 is 2.61 bits per heavy atom. The first kappa shape index (κ1) is 20.8. The van der Waals surface area contributed by atoms with E-state index in [1.165, 1.54) is 4.68 Å². The number of anilines is 1. The standard InChI is InChI=1S/C18H16F3N7O2S/c1-3-14-16(17-11(7-23-14)8-24-27(17)2)26-31(29,30)13-9-25-28(10-13)15-6-12(4-5-22-15)18(19,20)21/h4-10,26H,3H2,1-2H3. The summed E-state index contributed by atoms with van der Waals surface area (Å²) in [7, 11) is -2.44. The number of aryl methyl sites for hydroxylation is 2. The molecule has 1 N–H and O–H groups in total. The van der Waals surface area contributed by atoms with Gasteiger partial charge in [-0.05, 0) is 18.6 Å². The number of hydrogen-bond acceptors (Lipinski definition) is 6. The fraction of sp³-hybridized carbons (Fsp3) is 0.222. The highest BCUT2D eigenvalue weighted by atomic mass is 32.2. The van der Waals surface area contributed by atoms with Crippen LogP contribution in [0.2, 0.25) is 0 Å². The zero-order valence-corrected chi connectivity index (χ0v) is 17.1. The quantitative estimate of drug-likeness (QED) is 0.500. The van der Waals surface area contributed by atoms with Gasteiger partial charge in [0.15, 0.2) is 5.82 Å². The van der Waals surface area contributed by atoms with Gasteiger partial charge in [-0.2, -0.15) is 23.4 Å². The summed E-state index contributed by atoms with van der Waals surface area (Å²) >= 11 is 0. The van der Waals surface area contributed by atoms with Gasteiger partial charge < -0.3 is 0 Å². The maximum absolute atomic E-state index is 13.0. The second-order valence-corrected chi connectivity index (χ2v) is 8.31. The topological polar surface area (TPSA) is 108 Å². The molecular formula is C18H16F3N7O2S. The van der Waals surface area contributed by atoms with Gasteiger partial charge in [0.25, 0.3) is 10.0 Å². The van der Waals surface area contributed by atoms with Gasteiger partial charge >= 0.3 is 6.18 Å². The highest BCUT2D eigenvalue weighted by molar-refractivity contribution is 7.92. The van der Waals surface area contributed by atoms with Gasteiger partial charge in [0.1, 0.15) is 4.90 Å². The maximum atomic E-state index is 13.0. The van der Waals surface area contributed by atoms with Crippen molar-refractivity contribution in [2.45, 2.75) is 24.4 Å². The molecule has 4 aromatic rings. The van der Waals surface area contributed by atoms with E-state index in [0.29, 0.717) is 23.0 Å². The fourth-order valence-electron chi connectivity index (χ4n) is 3.06. The molecule has 162 valence electrons. The summed E-state index contributed by atoms with van der Waals surface area (Å²) < 4.78 is 69.9. The molecule has 0 bridgehead atoms. The molecule has 0 saturated carbocycles. The van der Waals surface area contributed by atoms with Crippen LogP contribution in [0.5, 0.6) is 0 Å². The largest absolute Gasteiger partial charge is 0.416 e. The van der Waals surface area contributed by atoms with Crippen LogP contribution in [0.25, 0.3) is 16.7 Å². The van der Waals surface area contributed by atoms with E-state index in [9.17, 15) is 21.6 Å². The van der Waals surface area contributed by atoms with Gasteiger partial charge in [0, 0.05) is 24.8 Å². The van der Waals surface area contributed by atoms with Crippen LogP contribution in [0.1, 0.15) is 18.2 Å². The van der Waals surface area contributed by atoms with E-state index in [0.717, 1.165) is 35.4 Å². The van der Waals surface area contributed by atoms with Crippen LogP contribution >= 0.6 is 0 Å². The number of sulfonamides is 1. The monoisotopic (exact) mass is 451 g/mol. The Hall–Kier alpha value is -3.48. The maximum Gasteiger partial charge on any atom is 0.416 e. The van der Waals surface area contributed by atoms with Crippen LogP contribution < -0.4 is 4.72 Å². The van der Waals surface area contributed by atoms with Gasteiger partial charge in [-0.1, -0.05) is 6.92 Å². The molecule has 0 amide bonds. The van der Waals surface area contributed by atoms with Crippen molar-refractivity contribution in [3.63, 3.8) is 0 Å². The number of halogens is 3. The lowest BCUT2D eigenvalue weighted by molar-refractivity contribution is -0.137. The Morgan fingerprint density at radius 1 is 1.13 bits per heavy atom. The van der Waals surface area contributed by atoms with E-state index in [1.807, 2.05) is 6.92 Å². The molecule has 0 atom stereocenters. The Morgan fingerprint density at radius 2 is 1.90 bits per heavy atom. The van der Waals surface area contributed by atoms with E-state index < -0.39 is 21.8 Å². The third-order valence-corrected chi connectivity index (χ3v) is 5.90. The van der Waals surface area contributed by atoms with E-state index in [1.54, 1.807) is 19.4 Å². The van der Waals surface area contributed by atoms with Crippen molar-refractivity contribution >= 4 is 26.6 Å². The molecule has 0 fully saturated rings. The number of fused-ring (bicyclic) bond motifs is 1. The van der Waals surface area contributed by atoms with Crippen LogP contribution in [-0.4, -0.2) is 37.9 Å². The second-order valence-electron chi connectivity index (χ2n) is 6.63. The lowest BCUT2D eigenvalue weighted by atomic mass is 10.2. The second kappa shape index (κ2) is 7.34. The molecule has 0 saturated heterocycles. The predicted octanol–water partition coefficient (Wildman–Crippen LogP) is 2.93. The van der Waals surface area contributed by atoms with Gasteiger partial charge in [0.05, 0.1) is 41.1 Å². The molecule has 4 heterocycles. The molecule has 0 spiro atoms. The molecule has 0 radical (unpaired) electrons. The van der Waals surface area contributed by atoms with E-state index in [4.69, 9.17) is 0 Å². The van der Waals surface area contributed by atoms with Crippen LogP contribution in [0.4, 0.5) is 18.9 Å².